The van der Waals surface area contributed by atoms with Crippen LogP contribution in [0, 0.1) is 0 Å². The molecule has 1 amide bonds. The monoisotopic (exact) mass is 340 g/mol. The van der Waals surface area contributed by atoms with Crippen LogP contribution in [-0.2, 0) is 13.6 Å². The van der Waals surface area contributed by atoms with Gasteiger partial charge in [-0.3, -0.25) is 14.4 Å². The molecular weight excluding hydrogens is 312 g/mol. The number of nitrogens with zero attached hydrogens (tertiary/aromatic N) is 3. The predicted octanol–water partition coefficient (Wildman–Crippen LogP) is 3.29. The van der Waals surface area contributed by atoms with Gasteiger partial charge in [0.1, 0.15) is 0 Å². The minimum Gasteiger partial charge on any atom is -0.344 e. The zero-order chi connectivity index (χ0) is 17.6. The number of likely N-dealkylation sites (tertiary alicyclic amines) is 1. The Hall–Kier alpha value is -2.14. The van der Waals surface area contributed by atoms with E-state index >= 15 is 0 Å². The molecule has 1 aromatic carbocycles. The van der Waals surface area contributed by atoms with Crippen LogP contribution in [0.5, 0.6) is 0 Å². The Kier molecular flexibility index (Phi) is 5.87. The van der Waals surface area contributed by atoms with E-state index in [-0.39, 0.29) is 11.9 Å². The van der Waals surface area contributed by atoms with Crippen LogP contribution < -0.4 is 5.32 Å². The van der Waals surface area contributed by atoms with Gasteiger partial charge in [-0.1, -0.05) is 25.5 Å². The van der Waals surface area contributed by atoms with Gasteiger partial charge in [-0.05, 0) is 56.1 Å². The largest absolute Gasteiger partial charge is 0.344 e. The molecule has 1 aliphatic rings. The second-order valence-corrected chi connectivity index (χ2v) is 6.85. The van der Waals surface area contributed by atoms with Crippen molar-refractivity contribution in [2.75, 3.05) is 13.1 Å². The highest BCUT2D eigenvalue weighted by molar-refractivity contribution is 5.94. The van der Waals surface area contributed by atoms with Crippen LogP contribution >= 0.6 is 0 Å². The quantitative estimate of drug-likeness (QED) is 0.878. The maximum absolute atomic E-state index is 12.6. The Morgan fingerprint density at radius 3 is 2.48 bits per heavy atom. The Morgan fingerprint density at radius 1 is 1.16 bits per heavy atom. The molecule has 5 heteroatoms. The van der Waals surface area contributed by atoms with Gasteiger partial charge >= 0.3 is 0 Å². The highest BCUT2D eigenvalue weighted by Crippen LogP contribution is 2.17. The summed E-state index contributed by atoms with van der Waals surface area (Å²) in [6.45, 7) is 5.42. The fourth-order valence-corrected chi connectivity index (χ4v) is 3.49. The zero-order valence-corrected chi connectivity index (χ0v) is 15.2. The van der Waals surface area contributed by atoms with Gasteiger partial charge in [0.15, 0.2) is 0 Å². The lowest BCUT2D eigenvalue weighted by molar-refractivity contribution is 0.0934. The molecule has 1 aromatic heterocycles. The number of piperidine rings is 1. The fourth-order valence-electron chi connectivity index (χ4n) is 3.49. The second-order valence-electron chi connectivity index (χ2n) is 6.85. The molecule has 0 radical (unpaired) electrons. The first-order chi connectivity index (χ1) is 12.2. The van der Waals surface area contributed by atoms with E-state index in [2.05, 4.69) is 34.4 Å². The maximum Gasteiger partial charge on any atom is 0.251 e. The number of hydrogen-bond donors (Lipinski definition) is 1. The van der Waals surface area contributed by atoms with Crippen molar-refractivity contribution in [1.82, 2.24) is 20.0 Å². The van der Waals surface area contributed by atoms with Crippen LogP contribution in [0.25, 0.3) is 0 Å². The van der Waals surface area contributed by atoms with Crippen molar-refractivity contribution in [3.63, 3.8) is 0 Å². The van der Waals surface area contributed by atoms with Gasteiger partial charge in [-0.2, -0.15) is 5.10 Å². The number of rotatable bonds is 6. The summed E-state index contributed by atoms with van der Waals surface area (Å²) in [6.07, 6.45) is 6.54. The summed E-state index contributed by atoms with van der Waals surface area (Å²) in [5, 5.41) is 7.31. The first-order valence-electron chi connectivity index (χ1n) is 9.27. The van der Waals surface area contributed by atoms with Crippen LogP contribution in [-0.4, -0.2) is 33.7 Å². The molecule has 1 aliphatic heterocycles. The van der Waals surface area contributed by atoms with Crippen LogP contribution in [0.3, 0.4) is 0 Å². The van der Waals surface area contributed by atoms with Crippen molar-refractivity contribution >= 4 is 5.91 Å². The fraction of sp³-hybridized carbons (Fsp3) is 0.500. The third kappa shape index (κ3) is 4.48. The maximum atomic E-state index is 12.6. The van der Waals surface area contributed by atoms with Crippen molar-refractivity contribution in [2.45, 2.75) is 45.2 Å². The molecule has 2 heterocycles. The Balaban J connectivity index is 1.61. The van der Waals surface area contributed by atoms with Crippen LogP contribution in [0.2, 0.25) is 0 Å². The molecule has 1 unspecified atom stereocenters. The van der Waals surface area contributed by atoms with Crippen LogP contribution in [0.4, 0.5) is 0 Å². The Labute approximate surface area is 150 Å². The summed E-state index contributed by atoms with van der Waals surface area (Å²) in [5.74, 6) is -0.0300. The number of hydrogen-bond acceptors (Lipinski definition) is 3. The normalized spacial score (nSPS) is 16.6. The SMILES string of the molecule is CCC(NC(=O)c1ccc(CN2CCCCC2)cc1)c1ccnn1C. The number of amides is 1. The number of aryl methyl sites for hydroxylation is 1. The van der Waals surface area contributed by atoms with Crippen LogP contribution in [0.1, 0.15) is 60.3 Å². The lowest BCUT2D eigenvalue weighted by Crippen LogP contribution is -2.30. The lowest BCUT2D eigenvalue weighted by Gasteiger charge is -2.26. The van der Waals surface area contributed by atoms with Crippen molar-refractivity contribution in [2.24, 2.45) is 7.05 Å². The molecule has 3 rings (SSSR count). The number of nitrogens with one attached hydrogen (secondary N) is 1. The van der Waals surface area contributed by atoms with E-state index in [1.165, 1.54) is 37.9 Å². The average molecular weight is 340 g/mol. The van der Waals surface area contributed by atoms with E-state index in [0.717, 1.165) is 18.7 Å². The first kappa shape index (κ1) is 17.7. The smallest absolute Gasteiger partial charge is 0.251 e. The molecule has 2 aromatic rings. The molecule has 0 bridgehead atoms. The highest BCUT2D eigenvalue weighted by Gasteiger charge is 2.17. The van der Waals surface area contributed by atoms with Gasteiger partial charge < -0.3 is 5.32 Å². The summed E-state index contributed by atoms with van der Waals surface area (Å²) < 4.78 is 1.82. The summed E-state index contributed by atoms with van der Waals surface area (Å²) >= 11 is 0. The van der Waals surface area contributed by atoms with Gasteiger partial charge in [0.2, 0.25) is 0 Å². The molecule has 1 N–H and O–H groups in total. The third-order valence-corrected chi connectivity index (χ3v) is 5.00. The number of aromatic nitrogens is 2. The van der Waals surface area contributed by atoms with E-state index < -0.39 is 0 Å². The van der Waals surface area contributed by atoms with Gasteiger partial charge in [-0.15, -0.1) is 0 Å². The van der Waals surface area contributed by atoms with Gasteiger partial charge in [0.25, 0.3) is 5.91 Å². The summed E-state index contributed by atoms with van der Waals surface area (Å²) in [6, 6.07) is 9.96. The molecule has 1 atom stereocenters. The summed E-state index contributed by atoms with van der Waals surface area (Å²) in [4.78, 5) is 15.1. The molecule has 0 saturated carbocycles. The van der Waals surface area contributed by atoms with Crippen molar-refractivity contribution in [3.05, 3.63) is 53.3 Å². The van der Waals surface area contributed by atoms with Gasteiger partial charge in [0.05, 0.1) is 11.7 Å². The molecule has 134 valence electrons. The lowest BCUT2D eigenvalue weighted by atomic mass is 10.1. The number of benzene rings is 1. The van der Waals surface area contributed by atoms with Gasteiger partial charge in [-0.25, -0.2) is 0 Å². The molecule has 0 aliphatic carbocycles. The topological polar surface area (TPSA) is 50.2 Å². The Bertz CT molecular complexity index is 686. The first-order valence-corrected chi connectivity index (χ1v) is 9.27. The van der Waals surface area contributed by atoms with Crippen LogP contribution in [0.15, 0.2) is 36.5 Å². The summed E-state index contributed by atoms with van der Waals surface area (Å²) in [5.41, 5.74) is 3.01. The molecule has 5 nitrogen and oxygen atoms in total. The molecule has 25 heavy (non-hydrogen) atoms. The predicted molar refractivity (Wildman–Crippen MR) is 99.3 cm³/mol. The van der Waals surface area contributed by atoms with Gasteiger partial charge in [0, 0.05) is 25.4 Å². The molecule has 0 spiro atoms. The number of carbonyl (C=O) groups excluding carboxylic acids is 1. The van der Waals surface area contributed by atoms with E-state index in [1.807, 2.05) is 29.9 Å². The highest BCUT2D eigenvalue weighted by atomic mass is 16.1. The Morgan fingerprint density at radius 2 is 1.88 bits per heavy atom. The number of carbonyl (C=O) groups is 1. The second kappa shape index (κ2) is 8.30. The molecule has 1 fully saturated rings. The zero-order valence-electron chi connectivity index (χ0n) is 15.2. The third-order valence-electron chi connectivity index (χ3n) is 5.00. The molecule has 1 saturated heterocycles. The van der Waals surface area contributed by atoms with E-state index in [0.29, 0.717) is 5.56 Å². The van der Waals surface area contributed by atoms with Crippen molar-refractivity contribution in [1.29, 1.82) is 0 Å². The standard InChI is InChI=1S/C20H28N4O/c1-3-18(19-11-12-21-23(19)2)22-20(25)17-9-7-16(8-10-17)15-24-13-5-4-6-14-24/h7-12,18H,3-6,13-15H2,1-2H3,(H,22,25). The summed E-state index contributed by atoms with van der Waals surface area (Å²) in [7, 11) is 1.90. The minimum atomic E-state index is -0.0300. The van der Waals surface area contributed by atoms with Crippen molar-refractivity contribution in [3.8, 4) is 0 Å². The van der Waals surface area contributed by atoms with E-state index in [9.17, 15) is 4.79 Å². The van der Waals surface area contributed by atoms with E-state index in [1.54, 1.807) is 6.20 Å². The average Bonchev–Trinajstić information content (AvgIpc) is 3.07. The van der Waals surface area contributed by atoms with Crippen molar-refractivity contribution < 1.29 is 4.79 Å². The minimum absolute atomic E-state index is 0.0203. The van der Waals surface area contributed by atoms with E-state index in [4.69, 9.17) is 0 Å². The molecular formula is C20H28N4O.